The van der Waals surface area contributed by atoms with E-state index in [-0.39, 0.29) is 15.6 Å². The molecule has 1 heterocycles. The van der Waals surface area contributed by atoms with Gasteiger partial charge in [0.25, 0.3) is 0 Å². The molecule has 0 aliphatic rings. The second kappa shape index (κ2) is 4.76. The van der Waals surface area contributed by atoms with Crippen molar-refractivity contribution in [2.24, 2.45) is 7.05 Å². The fourth-order valence-electron chi connectivity index (χ4n) is 1.40. The van der Waals surface area contributed by atoms with E-state index in [1.807, 2.05) is 0 Å². The first-order chi connectivity index (χ1) is 8.91. The molecular weight excluding hydrogens is 275 g/mol. The molecule has 0 unspecified atom stereocenters. The Balaban J connectivity index is 2.52. The summed E-state index contributed by atoms with van der Waals surface area (Å²) in [4.78, 5) is 22.5. The molecule has 0 atom stereocenters. The van der Waals surface area contributed by atoms with Gasteiger partial charge in [0.2, 0.25) is 0 Å². The summed E-state index contributed by atoms with van der Waals surface area (Å²) >= 11 is 0.906. The number of nitrogens with two attached hydrogens (primary N) is 1. The Morgan fingerprint density at radius 1 is 1.58 bits per heavy atom. The first-order valence-electron chi connectivity index (χ1n) is 5.02. The number of halogens is 1. The maximum Gasteiger partial charge on any atom is 0.343 e. The van der Waals surface area contributed by atoms with E-state index in [4.69, 9.17) is 10.8 Å². The third-order valence-electron chi connectivity index (χ3n) is 2.41. The molecule has 1 aromatic carbocycles. The molecule has 0 saturated carbocycles. The number of aromatic amines is 1. The molecule has 0 aliphatic heterocycles. The molecule has 2 rings (SSSR count). The number of aromatic nitrogens is 3. The van der Waals surface area contributed by atoms with E-state index in [1.165, 1.54) is 17.7 Å². The van der Waals surface area contributed by atoms with Crippen molar-refractivity contribution in [1.29, 1.82) is 0 Å². The van der Waals surface area contributed by atoms with Gasteiger partial charge in [-0.2, -0.15) is 0 Å². The van der Waals surface area contributed by atoms with Gasteiger partial charge in [-0.1, -0.05) is 0 Å². The lowest BCUT2D eigenvalue weighted by Crippen LogP contribution is -2.13. The Labute approximate surface area is 110 Å². The summed E-state index contributed by atoms with van der Waals surface area (Å²) in [7, 11) is 1.47. The normalized spacial score (nSPS) is 10.6. The van der Waals surface area contributed by atoms with E-state index in [9.17, 15) is 14.0 Å². The summed E-state index contributed by atoms with van der Waals surface area (Å²) in [5, 5.41) is 15.3. The van der Waals surface area contributed by atoms with Crippen molar-refractivity contribution in [2.45, 2.75) is 10.1 Å². The quantitative estimate of drug-likeness (QED) is 0.714. The first-order valence-corrected chi connectivity index (χ1v) is 5.84. The predicted octanol–water partition coefficient (Wildman–Crippen LogP) is 0.679. The highest BCUT2D eigenvalue weighted by atomic mass is 32.2. The van der Waals surface area contributed by atoms with Gasteiger partial charge in [-0.3, -0.25) is 4.57 Å². The molecule has 0 amide bonds. The molecule has 2 aromatic rings. The monoisotopic (exact) mass is 284 g/mol. The SMILES string of the molecule is Cn1c(Sc2ccc(F)c(N)c2C(=O)O)n[nH]c1=O. The van der Waals surface area contributed by atoms with Crippen molar-refractivity contribution in [1.82, 2.24) is 14.8 Å². The molecule has 0 aliphatic carbocycles. The van der Waals surface area contributed by atoms with Gasteiger partial charge >= 0.3 is 11.7 Å². The number of hydrogen-bond donors (Lipinski definition) is 3. The van der Waals surface area contributed by atoms with Crippen molar-refractivity contribution in [2.75, 3.05) is 5.73 Å². The van der Waals surface area contributed by atoms with Crippen molar-refractivity contribution in [3.05, 3.63) is 34.0 Å². The van der Waals surface area contributed by atoms with E-state index in [2.05, 4.69) is 10.2 Å². The Hall–Kier alpha value is -2.29. The van der Waals surface area contributed by atoms with Crippen molar-refractivity contribution in [3.8, 4) is 0 Å². The average Bonchev–Trinajstić information content (AvgIpc) is 2.65. The topological polar surface area (TPSA) is 114 Å². The summed E-state index contributed by atoms with van der Waals surface area (Å²) in [6, 6.07) is 2.34. The number of anilines is 1. The van der Waals surface area contributed by atoms with E-state index < -0.39 is 23.2 Å². The number of carboxylic acids is 1. The molecule has 0 saturated heterocycles. The standard InChI is InChI=1S/C10H9FN4O3S/c1-15-9(18)13-14-10(15)19-5-3-2-4(11)7(12)6(5)8(16)17/h2-3H,12H2,1H3,(H,13,18)(H,16,17). The number of hydrogen-bond acceptors (Lipinski definition) is 5. The van der Waals surface area contributed by atoms with Crippen molar-refractivity contribution in [3.63, 3.8) is 0 Å². The van der Waals surface area contributed by atoms with Crippen LogP contribution in [-0.2, 0) is 7.05 Å². The highest BCUT2D eigenvalue weighted by molar-refractivity contribution is 7.99. The minimum absolute atomic E-state index is 0.202. The fourth-order valence-corrected chi connectivity index (χ4v) is 2.35. The lowest BCUT2D eigenvalue weighted by atomic mass is 10.2. The van der Waals surface area contributed by atoms with Crippen LogP contribution >= 0.6 is 11.8 Å². The third-order valence-corrected chi connectivity index (χ3v) is 3.52. The number of nitrogens with zero attached hydrogens (tertiary/aromatic N) is 2. The van der Waals surface area contributed by atoms with Crippen LogP contribution in [-0.4, -0.2) is 25.8 Å². The molecule has 9 heteroatoms. The van der Waals surface area contributed by atoms with Crippen LogP contribution in [0.3, 0.4) is 0 Å². The highest BCUT2D eigenvalue weighted by Gasteiger charge is 2.19. The van der Waals surface area contributed by atoms with Crippen LogP contribution in [0.5, 0.6) is 0 Å². The molecule has 0 fully saturated rings. The molecule has 0 bridgehead atoms. The van der Waals surface area contributed by atoms with Crippen LogP contribution in [0.4, 0.5) is 10.1 Å². The van der Waals surface area contributed by atoms with Gasteiger partial charge in [0.05, 0.1) is 11.3 Å². The maximum atomic E-state index is 13.3. The molecule has 100 valence electrons. The Morgan fingerprint density at radius 2 is 2.26 bits per heavy atom. The Bertz CT molecular complexity index is 709. The molecule has 0 radical (unpaired) electrons. The smallest absolute Gasteiger partial charge is 0.343 e. The van der Waals surface area contributed by atoms with Gasteiger partial charge in [-0.05, 0) is 23.9 Å². The summed E-state index contributed by atoms with van der Waals surface area (Å²) in [5.41, 5.74) is 4.19. The first kappa shape index (κ1) is 13.1. The van der Waals surface area contributed by atoms with Gasteiger partial charge in [-0.25, -0.2) is 19.1 Å². The van der Waals surface area contributed by atoms with Crippen LogP contribution in [0, 0.1) is 5.82 Å². The molecule has 0 spiro atoms. The lowest BCUT2D eigenvalue weighted by Gasteiger charge is -2.08. The zero-order valence-corrected chi connectivity index (χ0v) is 10.5. The summed E-state index contributed by atoms with van der Waals surface area (Å²) in [6.07, 6.45) is 0. The number of rotatable bonds is 3. The number of nitrogens with one attached hydrogen (secondary N) is 1. The second-order valence-electron chi connectivity index (χ2n) is 3.61. The van der Waals surface area contributed by atoms with Crippen molar-refractivity contribution < 1.29 is 14.3 Å². The summed E-state index contributed by atoms with van der Waals surface area (Å²) in [6.45, 7) is 0. The predicted molar refractivity (Wildman–Crippen MR) is 65.7 cm³/mol. The largest absolute Gasteiger partial charge is 0.478 e. The minimum Gasteiger partial charge on any atom is -0.478 e. The summed E-state index contributed by atoms with van der Waals surface area (Å²) in [5.74, 6) is -2.15. The van der Waals surface area contributed by atoms with E-state index in [0.29, 0.717) is 0 Å². The zero-order valence-electron chi connectivity index (χ0n) is 9.68. The van der Waals surface area contributed by atoms with Crippen LogP contribution in [0.25, 0.3) is 0 Å². The van der Waals surface area contributed by atoms with Crippen LogP contribution in [0.1, 0.15) is 10.4 Å². The number of carboxylic acid groups (broad SMARTS) is 1. The second-order valence-corrected chi connectivity index (χ2v) is 4.62. The van der Waals surface area contributed by atoms with Crippen LogP contribution in [0.2, 0.25) is 0 Å². The van der Waals surface area contributed by atoms with E-state index in [0.717, 1.165) is 17.8 Å². The van der Waals surface area contributed by atoms with Crippen LogP contribution in [0.15, 0.2) is 27.0 Å². The average molecular weight is 284 g/mol. The van der Waals surface area contributed by atoms with Crippen LogP contribution < -0.4 is 11.4 Å². The number of H-pyrrole nitrogens is 1. The van der Waals surface area contributed by atoms with Crippen molar-refractivity contribution >= 4 is 23.4 Å². The zero-order chi connectivity index (χ0) is 14.2. The number of nitrogen functional groups attached to an aromatic ring is 1. The van der Waals surface area contributed by atoms with Gasteiger partial charge in [0.1, 0.15) is 5.82 Å². The molecule has 19 heavy (non-hydrogen) atoms. The molecular formula is C10H9FN4O3S. The van der Waals surface area contributed by atoms with Gasteiger partial charge < -0.3 is 10.8 Å². The van der Waals surface area contributed by atoms with E-state index >= 15 is 0 Å². The Kier molecular flexibility index (Phi) is 3.30. The highest BCUT2D eigenvalue weighted by Crippen LogP contribution is 2.32. The minimum atomic E-state index is -1.35. The van der Waals surface area contributed by atoms with Gasteiger partial charge in [0, 0.05) is 11.9 Å². The lowest BCUT2D eigenvalue weighted by molar-refractivity contribution is 0.0694. The number of carbonyl (C=O) groups is 1. The fraction of sp³-hybridized carbons (Fsp3) is 0.100. The summed E-state index contributed by atoms with van der Waals surface area (Å²) < 4.78 is 14.5. The number of aromatic carboxylic acids is 1. The third kappa shape index (κ3) is 2.32. The number of benzene rings is 1. The molecule has 4 N–H and O–H groups in total. The van der Waals surface area contributed by atoms with E-state index in [1.54, 1.807) is 0 Å². The van der Waals surface area contributed by atoms with Gasteiger partial charge in [-0.15, -0.1) is 5.10 Å². The molecule has 7 nitrogen and oxygen atoms in total. The maximum absolute atomic E-state index is 13.3. The Morgan fingerprint density at radius 3 is 2.79 bits per heavy atom. The van der Waals surface area contributed by atoms with Gasteiger partial charge in [0.15, 0.2) is 5.16 Å². The molecule has 1 aromatic heterocycles.